The van der Waals surface area contributed by atoms with E-state index in [1.807, 2.05) is 24.3 Å². The van der Waals surface area contributed by atoms with Crippen LogP contribution in [0.1, 0.15) is 12.8 Å². The van der Waals surface area contributed by atoms with Gasteiger partial charge in [0, 0.05) is 17.5 Å². The van der Waals surface area contributed by atoms with Gasteiger partial charge in [0.15, 0.2) is 0 Å². The number of benzene rings is 1. The predicted molar refractivity (Wildman–Crippen MR) is 68.1 cm³/mol. The summed E-state index contributed by atoms with van der Waals surface area (Å²) < 4.78 is 0. The van der Waals surface area contributed by atoms with Crippen molar-refractivity contribution in [3.05, 3.63) is 35.5 Å². The number of hydrogen-bond acceptors (Lipinski definition) is 2. The fourth-order valence-corrected chi connectivity index (χ4v) is 1.98. The van der Waals surface area contributed by atoms with Gasteiger partial charge >= 0.3 is 0 Å². The molecule has 86 valence electrons. The molecule has 0 radical (unpaired) electrons. The summed E-state index contributed by atoms with van der Waals surface area (Å²) in [5.74, 6) is 0.284. The van der Waals surface area contributed by atoms with E-state index in [4.69, 9.17) is 11.6 Å². The number of carbonyl (C=O) groups is 1. The molecule has 0 bridgehead atoms. The number of nitrogens with one attached hydrogen (secondary N) is 1. The Morgan fingerprint density at radius 1 is 1.41 bits per heavy atom. The zero-order valence-corrected chi connectivity index (χ0v) is 9.87. The van der Waals surface area contributed by atoms with Gasteiger partial charge in [0.2, 0.25) is 5.91 Å². The molecule has 0 saturated heterocycles. The van der Waals surface area contributed by atoms with Crippen molar-refractivity contribution < 1.29 is 4.79 Å². The number of para-hydroxylation sites is 1. The van der Waals surface area contributed by atoms with E-state index in [-0.39, 0.29) is 11.8 Å². The summed E-state index contributed by atoms with van der Waals surface area (Å²) in [5, 5.41) is 4.46. The minimum absolute atomic E-state index is 0.0919. The summed E-state index contributed by atoms with van der Waals surface area (Å²) in [4.78, 5) is 16.0. The molecule has 3 rings (SSSR count). The van der Waals surface area contributed by atoms with Gasteiger partial charge < -0.3 is 5.32 Å². The van der Waals surface area contributed by atoms with E-state index in [0.29, 0.717) is 5.02 Å². The second-order valence-electron chi connectivity index (χ2n) is 4.29. The van der Waals surface area contributed by atoms with Crippen LogP contribution >= 0.6 is 11.6 Å². The molecular formula is C13H11ClN2O. The molecule has 0 spiro atoms. The van der Waals surface area contributed by atoms with E-state index in [1.165, 1.54) is 0 Å². The van der Waals surface area contributed by atoms with Gasteiger partial charge in [-0.3, -0.25) is 9.78 Å². The number of amides is 1. The molecule has 4 heteroatoms. The van der Waals surface area contributed by atoms with Crippen LogP contribution in [-0.2, 0) is 4.79 Å². The highest BCUT2D eigenvalue weighted by Crippen LogP contribution is 2.31. The lowest BCUT2D eigenvalue weighted by atomic mass is 10.2. The van der Waals surface area contributed by atoms with Gasteiger partial charge in [-0.1, -0.05) is 23.7 Å². The molecule has 1 heterocycles. The third-order valence-electron chi connectivity index (χ3n) is 2.88. The number of pyridine rings is 1. The normalized spacial score (nSPS) is 14.9. The maximum atomic E-state index is 11.7. The van der Waals surface area contributed by atoms with Crippen molar-refractivity contribution in [2.75, 3.05) is 5.32 Å². The number of anilines is 1. The zero-order chi connectivity index (χ0) is 11.8. The summed E-state index contributed by atoms with van der Waals surface area (Å²) in [6, 6.07) is 7.53. The molecule has 0 aliphatic heterocycles. The van der Waals surface area contributed by atoms with Crippen LogP contribution in [0, 0.1) is 5.92 Å². The molecule has 1 fully saturated rings. The van der Waals surface area contributed by atoms with Crippen LogP contribution in [0.5, 0.6) is 0 Å². The molecule has 1 aliphatic carbocycles. The van der Waals surface area contributed by atoms with E-state index in [1.54, 1.807) is 6.20 Å². The number of halogens is 1. The summed E-state index contributed by atoms with van der Waals surface area (Å²) in [6.45, 7) is 0. The van der Waals surface area contributed by atoms with Crippen molar-refractivity contribution in [3.63, 3.8) is 0 Å². The number of fused-ring (bicyclic) bond motifs is 1. The fourth-order valence-electron chi connectivity index (χ4n) is 1.82. The van der Waals surface area contributed by atoms with Crippen molar-refractivity contribution in [1.82, 2.24) is 4.98 Å². The van der Waals surface area contributed by atoms with Crippen molar-refractivity contribution in [2.45, 2.75) is 12.8 Å². The largest absolute Gasteiger partial charge is 0.324 e. The first-order valence-electron chi connectivity index (χ1n) is 5.59. The highest BCUT2D eigenvalue weighted by Gasteiger charge is 2.29. The topological polar surface area (TPSA) is 42.0 Å². The Kier molecular flexibility index (Phi) is 2.48. The van der Waals surface area contributed by atoms with Crippen LogP contribution in [0.2, 0.25) is 5.02 Å². The van der Waals surface area contributed by atoms with Gasteiger partial charge in [0.05, 0.1) is 16.2 Å². The Balaban J connectivity index is 2.00. The Morgan fingerprint density at radius 3 is 3.00 bits per heavy atom. The zero-order valence-electron chi connectivity index (χ0n) is 9.11. The molecule has 1 aliphatic rings. The second kappa shape index (κ2) is 4.00. The van der Waals surface area contributed by atoms with Crippen LogP contribution < -0.4 is 5.32 Å². The lowest BCUT2D eigenvalue weighted by molar-refractivity contribution is -0.117. The standard InChI is InChI=1S/C13H11ClN2O/c14-10-6-9-2-1-3-11(12(9)15-7-10)16-13(17)8-4-5-8/h1-3,6-8H,4-5H2,(H,16,17). The molecule has 17 heavy (non-hydrogen) atoms. The first-order chi connectivity index (χ1) is 8.24. The van der Waals surface area contributed by atoms with E-state index in [9.17, 15) is 4.79 Å². The van der Waals surface area contributed by atoms with Crippen LogP contribution in [0.4, 0.5) is 5.69 Å². The van der Waals surface area contributed by atoms with Crippen molar-refractivity contribution >= 4 is 34.1 Å². The number of carbonyl (C=O) groups excluding carboxylic acids is 1. The molecule has 3 nitrogen and oxygen atoms in total. The maximum absolute atomic E-state index is 11.7. The summed E-state index contributed by atoms with van der Waals surface area (Å²) in [6.07, 6.45) is 3.59. The second-order valence-corrected chi connectivity index (χ2v) is 4.73. The molecule has 1 amide bonds. The van der Waals surface area contributed by atoms with Crippen LogP contribution in [0.25, 0.3) is 10.9 Å². The molecule has 1 aromatic carbocycles. The Labute approximate surface area is 104 Å². The third-order valence-corrected chi connectivity index (χ3v) is 3.09. The molecule has 0 atom stereocenters. The van der Waals surface area contributed by atoms with E-state index < -0.39 is 0 Å². The predicted octanol–water partition coefficient (Wildman–Crippen LogP) is 3.24. The fraction of sp³-hybridized carbons (Fsp3) is 0.231. The van der Waals surface area contributed by atoms with Gasteiger partial charge in [-0.2, -0.15) is 0 Å². The van der Waals surface area contributed by atoms with Gasteiger partial charge in [-0.15, -0.1) is 0 Å². The minimum atomic E-state index is 0.0919. The number of rotatable bonds is 2. The van der Waals surface area contributed by atoms with Crippen molar-refractivity contribution in [2.24, 2.45) is 5.92 Å². The minimum Gasteiger partial charge on any atom is -0.324 e. The van der Waals surface area contributed by atoms with Crippen LogP contribution in [-0.4, -0.2) is 10.9 Å². The summed E-state index contributed by atoms with van der Waals surface area (Å²) in [7, 11) is 0. The molecular weight excluding hydrogens is 236 g/mol. The van der Waals surface area contributed by atoms with Gasteiger partial charge in [-0.25, -0.2) is 0 Å². The Hall–Kier alpha value is -1.61. The first-order valence-corrected chi connectivity index (χ1v) is 5.97. The summed E-state index contributed by atoms with van der Waals surface area (Å²) >= 11 is 5.89. The Bertz CT molecular complexity index is 593. The molecule has 1 aromatic heterocycles. The monoisotopic (exact) mass is 246 g/mol. The van der Waals surface area contributed by atoms with E-state index >= 15 is 0 Å². The van der Waals surface area contributed by atoms with Crippen LogP contribution in [0.15, 0.2) is 30.5 Å². The van der Waals surface area contributed by atoms with Gasteiger partial charge in [0.25, 0.3) is 0 Å². The third kappa shape index (κ3) is 2.11. The smallest absolute Gasteiger partial charge is 0.227 e. The van der Waals surface area contributed by atoms with E-state index in [2.05, 4.69) is 10.3 Å². The van der Waals surface area contributed by atoms with Gasteiger partial charge in [0.1, 0.15) is 0 Å². The molecule has 1 saturated carbocycles. The molecule has 0 unspecified atom stereocenters. The SMILES string of the molecule is O=C(Nc1cccc2cc(Cl)cnc12)C1CC1. The number of aromatic nitrogens is 1. The highest BCUT2D eigenvalue weighted by atomic mass is 35.5. The number of nitrogens with zero attached hydrogens (tertiary/aromatic N) is 1. The van der Waals surface area contributed by atoms with Crippen LogP contribution in [0.3, 0.4) is 0 Å². The lowest BCUT2D eigenvalue weighted by Crippen LogP contribution is -2.13. The van der Waals surface area contributed by atoms with Crippen molar-refractivity contribution in [1.29, 1.82) is 0 Å². The average molecular weight is 247 g/mol. The highest BCUT2D eigenvalue weighted by molar-refractivity contribution is 6.31. The van der Waals surface area contributed by atoms with E-state index in [0.717, 1.165) is 29.4 Å². The quantitative estimate of drug-likeness (QED) is 0.884. The lowest BCUT2D eigenvalue weighted by Gasteiger charge is -2.07. The number of hydrogen-bond donors (Lipinski definition) is 1. The molecule has 1 N–H and O–H groups in total. The van der Waals surface area contributed by atoms with Crippen molar-refractivity contribution in [3.8, 4) is 0 Å². The summed E-state index contributed by atoms with van der Waals surface area (Å²) in [5.41, 5.74) is 1.54. The Morgan fingerprint density at radius 2 is 2.24 bits per heavy atom. The maximum Gasteiger partial charge on any atom is 0.227 e. The van der Waals surface area contributed by atoms with Gasteiger partial charge in [-0.05, 0) is 25.0 Å². The first kappa shape index (κ1) is 10.5. The molecule has 2 aromatic rings. The average Bonchev–Trinajstić information content (AvgIpc) is 3.12.